The number of rotatable bonds is 4. The number of benzene rings is 1. The standard InChI is InChI=1S/C13H13N3O5S/c1-7(22-12-13(18)21-15-16(12)2)11(17)14-8-3-4-9-10(5-8)20-6-19-9/h3-5,7H,6H2,1-2H3,(H-,14,15,17,18). The molecule has 22 heavy (non-hydrogen) atoms. The summed E-state index contributed by atoms with van der Waals surface area (Å²) in [5, 5.41) is 17.5. The molecule has 1 unspecified atom stereocenters. The van der Waals surface area contributed by atoms with Crippen molar-refractivity contribution in [1.82, 2.24) is 5.27 Å². The summed E-state index contributed by atoms with van der Waals surface area (Å²) in [5.74, 6) is 0.429. The van der Waals surface area contributed by atoms with Crippen LogP contribution in [0.5, 0.6) is 17.4 Å². The lowest BCUT2D eigenvalue weighted by Gasteiger charge is -2.10. The van der Waals surface area contributed by atoms with Crippen molar-refractivity contribution in [2.75, 3.05) is 12.1 Å². The molecule has 8 nitrogen and oxygen atoms in total. The van der Waals surface area contributed by atoms with Gasteiger partial charge in [0.1, 0.15) is 0 Å². The molecule has 1 aromatic carbocycles. The van der Waals surface area contributed by atoms with Crippen molar-refractivity contribution >= 4 is 23.4 Å². The topological polar surface area (TPSA) is 101 Å². The summed E-state index contributed by atoms with van der Waals surface area (Å²) in [7, 11) is 1.58. The summed E-state index contributed by atoms with van der Waals surface area (Å²) in [6.45, 7) is 1.87. The highest BCUT2D eigenvalue weighted by molar-refractivity contribution is 8.00. The number of hydrogen-bond donors (Lipinski definition) is 1. The lowest BCUT2D eigenvalue weighted by Crippen LogP contribution is -2.33. The van der Waals surface area contributed by atoms with Crippen molar-refractivity contribution in [3.8, 4) is 17.4 Å². The van der Waals surface area contributed by atoms with Crippen LogP contribution in [0.4, 0.5) is 5.69 Å². The molecule has 116 valence electrons. The molecule has 1 atom stereocenters. The Morgan fingerprint density at radius 2 is 2.23 bits per heavy atom. The maximum Gasteiger partial charge on any atom is 0.291 e. The van der Waals surface area contributed by atoms with E-state index < -0.39 is 11.2 Å². The smallest absolute Gasteiger partial charge is 0.291 e. The van der Waals surface area contributed by atoms with E-state index in [2.05, 4.69) is 15.1 Å². The molecule has 2 heterocycles. The summed E-state index contributed by atoms with van der Waals surface area (Å²) in [6.07, 6.45) is 0. The number of aryl methyl sites for hydroxylation is 1. The summed E-state index contributed by atoms with van der Waals surface area (Å²) < 4.78 is 16.3. The predicted molar refractivity (Wildman–Crippen MR) is 73.6 cm³/mol. The number of ether oxygens (including phenoxy) is 2. The van der Waals surface area contributed by atoms with Gasteiger partial charge in [-0.1, -0.05) is 4.68 Å². The van der Waals surface area contributed by atoms with E-state index >= 15 is 0 Å². The number of nitrogens with one attached hydrogen (secondary N) is 1. The van der Waals surface area contributed by atoms with E-state index in [1.807, 2.05) is 0 Å². The van der Waals surface area contributed by atoms with Crippen LogP contribution < -0.4 is 24.6 Å². The van der Waals surface area contributed by atoms with Gasteiger partial charge in [-0.15, -0.1) is 0 Å². The van der Waals surface area contributed by atoms with E-state index in [0.29, 0.717) is 17.2 Å². The van der Waals surface area contributed by atoms with Crippen LogP contribution in [-0.2, 0) is 11.8 Å². The summed E-state index contributed by atoms with van der Waals surface area (Å²) >= 11 is 1.08. The first-order valence-corrected chi connectivity index (χ1v) is 7.32. The fourth-order valence-corrected chi connectivity index (χ4v) is 2.69. The lowest BCUT2D eigenvalue weighted by molar-refractivity contribution is -0.772. The van der Waals surface area contributed by atoms with Crippen LogP contribution in [0.2, 0.25) is 0 Å². The quantitative estimate of drug-likeness (QED) is 0.643. The fourth-order valence-electron chi connectivity index (χ4n) is 1.87. The molecule has 0 saturated carbocycles. The third kappa shape index (κ3) is 2.80. The second-order valence-corrected chi connectivity index (χ2v) is 5.94. The SMILES string of the molecule is CC(Sc1c([O-])on[n+]1C)C(=O)Nc1ccc2c(c1)OCO2. The highest BCUT2D eigenvalue weighted by atomic mass is 32.2. The molecule has 2 aromatic rings. The van der Waals surface area contributed by atoms with Crippen LogP contribution in [0.1, 0.15) is 6.92 Å². The number of carbonyl (C=O) groups is 1. The van der Waals surface area contributed by atoms with E-state index in [0.717, 1.165) is 11.8 Å². The molecular formula is C13H13N3O5S. The van der Waals surface area contributed by atoms with E-state index in [9.17, 15) is 9.90 Å². The molecule has 1 N–H and O–H groups in total. The van der Waals surface area contributed by atoms with Crippen molar-refractivity contribution in [2.24, 2.45) is 7.05 Å². The summed E-state index contributed by atoms with van der Waals surface area (Å²) in [5.41, 5.74) is 0.596. The van der Waals surface area contributed by atoms with Crippen LogP contribution >= 0.6 is 11.8 Å². The van der Waals surface area contributed by atoms with Gasteiger partial charge in [0.15, 0.2) is 24.5 Å². The van der Waals surface area contributed by atoms with Crippen LogP contribution in [0.15, 0.2) is 27.7 Å². The number of anilines is 1. The van der Waals surface area contributed by atoms with Crippen molar-refractivity contribution in [3.05, 3.63) is 18.2 Å². The molecule has 0 saturated heterocycles. The Labute approximate surface area is 130 Å². The van der Waals surface area contributed by atoms with Crippen LogP contribution in [0.25, 0.3) is 0 Å². The number of aromatic nitrogens is 2. The number of nitrogens with zero attached hydrogens (tertiary/aromatic N) is 2. The van der Waals surface area contributed by atoms with Gasteiger partial charge in [0.2, 0.25) is 12.7 Å². The van der Waals surface area contributed by atoms with E-state index in [1.54, 1.807) is 32.2 Å². The Kier molecular flexibility index (Phi) is 3.80. The lowest BCUT2D eigenvalue weighted by atomic mass is 10.2. The first kappa shape index (κ1) is 14.5. The van der Waals surface area contributed by atoms with Gasteiger partial charge in [-0.2, -0.15) is 0 Å². The zero-order valence-corrected chi connectivity index (χ0v) is 12.7. The van der Waals surface area contributed by atoms with Gasteiger partial charge in [0.25, 0.3) is 5.03 Å². The zero-order chi connectivity index (χ0) is 15.7. The molecule has 1 aromatic heterocycles. The van der Waals surface area contributed by atoms with Gasteiger partial charge >= 0.3 is 0 Å². The first-order chi connectivity index (χ1) is 10.5. The Balaban J connectivity index is 1.66. The highest BCUT2D eigenvalue weighted by Crippen LogP contribution is 2.34. The number of fused-ring (bicyclic) bond motifs is 1. The van der Waals surface area contributed by atoms with Crippen LogP contribution in [0.3, 0.4) is 0 Å². The first-order valence-electron chi connectivity index (χ1n) is 6.45. The van der Waals surface area contributed by atoms with Crippen molar-refractivity contribution in [2.45, 2.75) is 17.2 Å². The summed E-state index contributed by atoms with van der Waals surface area (Å²) in [6, 6.07) is 5.14. The van der Waals surface area contributed by atoms with E-state index in [4.69, 9.17) is 9.47 Å². The van der Waals surface area contributed by atoms with E-state index in [1.165, 1.54) is 4.68 Å². The van der Waals surface area contributed by atoms with Gasteiger partial charge in [-0.3, -0.25) is 4.79 Å². The Morgan fingerprint density at radius 1 is 1.45 bits per heavy atom. The normalized spacial score (nSPS) is 13.9. The second kappa shape index (κ2) is 5.76. The average molecular weight is 323 g/mol. The fraction of sp³-hybridized carbons (Fsp3) is 0.308. The largest absolute Gasteiger partial charge is 0.538 e. The molecular weight excluding hydrogens is 310 g/mol. The van der Waals surface area contributed by atoms with Crippen molar-refractivity contribution in [3.63, 3.8) is 0 Å². The number of carbonyl (C=O) groups excluding carboxylic acids is 1. The Bertz CT molecular complexity index is 698. The highest BCUT2D eigenvalue weighted by Gasteiger charge is 2.23. The molecule has 1 aliphatic heterocycles. The molecule has 0 aliphatic carbocycles. The molecule has 1 amide bonds. The van der Waals surface area contributed by atoms with Crippen LogP contribution in [0, 0.1) is 0 Å². The van der Waals surface area contributed by atoms with Gasteiger partial charge in [0.05, 0.1) is 10.5 Å². The average Bonchev–Trinajstić information content (AvgIpc) is 3.08. The van der Waals surface area contributed by atoms with Crippen LogP contribution in [-0.4, -0.2) is 23.2 Å². The molecule has 9 heteroatoms. The third-order valence-corrected chi connectivity index (χ3v) is 4.23. The molecule has 1 aliphatic rings. The predicted octanol–water partition coefficient (Wildman–Crippen LogP) is 0.421. The third-order valence-electron chi connectivity index (χ3n) is 3.01. The van der Waals surface area contributed by atoms with Gasteiger partial charge in [-0.25, -0.2) is 0 Å². The molecule has 0 spiro atoms. The summed E-state index contributed by atoms with van der Waals surface area (Å²) in [4.78, 5) is 12.2. The Hall–Kier alpha value is -2.42. The number of thioether (sulfide) groups is 1. The van der Waals surface area contributed by atoms with Gasteiger partial charge < -0.3 is 24.4 Å². The zero-order valence-electron chi connectivity index (χ0n) is 11.9. The molecule has 0 fully saturated rings. The molecule has 0 bridgehead atoms. The van der Waals surface area contributed by atoms with Crippen molar-refractivity contribution < 1.29 is 28.6 Å². The molecule has 0 radical (unpaired) electrons. The molecule has 3 rings (SSSR count). The Morgan fingerprint density at radius 3 is 2.95 bits per heavy atom. The second-order valence-electron chi connectivity index (χ2n) is 4.61. The van der Waals surface area contributed by atoms with Crippen molar-refractivity contribution in [1.29, 1.82) is 0 Å². The van der Waals surface area contributed by atoms with E-state index in [-0.39, 0.29) is 17.7 Å². The minimum Gasteiger partial charge on any atom is -0.538 e. The minimum absolute atomic E-state index is 0.176. The minimum atomic E-state index is -0.560. The van der Waals surface area contributed by atoms with Gasteiger partial charge in [-0.05, 0) is 30.8 Å². The number of amides is 1. The maximum absolute atomic E-state index is 12.2. The number of hydrogen-bond acceptors (Lipinski definition) is 7. The van der Waals surface area contributed by atoms with Gasteiger partial charge in [0, 0.05) is 11.8 Å². The maximum atomic E-state index is 12.2. The monoisotopic (exact) mass is 323 g/mol.